The van der Waals surface area contributed by atoms with Crippen LogP contribution < -0.4 is 5.32 Å². The minimum absolute atomic E-state index is 0.366. The second-order valence-electron chi connectivity index (χ2n) is 5.27. The Labute approximate surface area is 104 Å². The lowest BCUT2D eigenvalue weighted by Gasteiger charge is -2.28. The molecule has 1 fully saturated rings. The molecule has 0 bridgehead atoms. The molecule has 1 aliphatic rings. The van der Waals surface area contributed by atoms with Crippen LogP contribution in [0.1, 0.15) is 36.8 Å². The summed E-state index contributed by atoms with van der Waals surface area (Å²) in [5, 5.41) is 12.7. The third-order valence-corrected chi connectivity index (χ3v) is 3.82. The molecule has 0 atom stereocenters. The van der Waals surface area contributed by atoms with Gasteiger partial charge in [0.1, 0.15) is 0 Å². The molecule has 1 aliphatic carbocycles. The van der Waals surface area contributed by atoms with Gasteiger partial charge in [-0.25, -0.2) is 0 Å². The van der Waals surface area contributed by atoms with E-state index < -0.39 is 0 Å². The van der Waals surface area contributed by atoms with Crippen molar-refractivity contribution in [1.29, 1.82) is 0 Å². The van der Waals surface area contributed by atoms with E-state index in [4.69, 9.17) is 5.11 Å². The largest absolute Gasteiger partial charge is 0.396 e. The summed E-state index contributed by atoms with van der Waals surface area (Å²) in [5.41, 5.74) is 2.68. The van der Waals surface area contributed by atoms with Crippen molar-refractivity contribution >= 4 is 0 Å². The summed E-state index contributed by atoms with van der Waals surface area (Å²) < 4.78 is 0. The third-order valence-electron chi connectivity index (χ3n) is 3.82. The molecule has 2 heteroatoms. The van der Waals surface area contributed by atoms with Gasteiger partial charge in [-0.15, -0.1) is 0 Å². The fourth-order valence-corrected chi connectivity index (χ4v) is 2.52. The summed E-state index contributed by atoms with van der Waals surface area (Å²) in [4.78, 5) is 0. The van der Waals surface area contributed by atoms with Gasteiger partial charge in [0.05, 0.1) is 0 Å². The maximum atomic E-state index is 9.09. The number of aliphatic hydroxyl groups is 1. The van der Waals surface area contributed by atoms with Gasteiger partial charge >= 0.3 is 0 Å². The summed E-state index contributed by atoms with van der Waals surface area (Å²) in [5.74, 6) is 0.549. The second kappa shape index (κ2) is 6.18. The topological polar surface area (TPSA) is 32.3 Å². The van der Waals surface area contributed by atoms with E-state index in [1.54, 1.807) is 0 Å². The van der Waals surface area contributed by atoms with Crippen LogP contribution in [0.25, 0.3) is 0 Å². The number of aliphatic hydroxyl groups excluding tert-OH is 1. The molecule has 0 aromatic heterocycles. The Morgan fingerprint density at radius 2 is 1.76 bits per heavy atom. The number of hydrogen-bond donors (Lipinski definition) is 2. The molecule has 0 aliphatic heterocycles. The Hall–Kier alpha value is -0.860. The molecule has 1 saturated carbocycles. The zero-order valence-electron chi connectivity index (χ0n) is 10.7. The molecule has 0 heterocycles. The maximum Gasteiger partial charge on any atom is 0.0459 e. The average molecular weight is 233 g/mol. The highest BCUT2D eigenvalue weighted by Crippen LogP contribution is 2.23. The van der Waals surface area contributed by atoms with Crippen LogP contribution in [0.2, 0.25) is 0 Å². The maximum absolute atomic E-state index is 9.09. The van der Waals surface area contributed by atoms with E-state index in [1.807, 2.05) is 0 Å². The van der Waals surface area contributed by atoms with Crippen molar-refractivity contribution < 1.29 is 5.11 Å². The van der Waals surface area contributed by atoms with Gasteiger partial charge in [0, 0.05) is 19.2 Å². The van der Waals surface area contributed by atoms with Gasteiger partial charge in [-0.3, -0.25) is 0 Å². The molecular formula is C15H23NO. The molecule has 2 nitrogen and oxygen atoms in total. The van der Waals surface area contributed by atoms with Crippen molar-refractivity contribution in [3.05, 3.63) is 35.4 Å². The first-order valence-electron chi connectivity index (χ1n) is 6.67. The number of rotatable bonds is 4. The first-order valence-corrected chi connectivity index (χ1v) is 6.67. The molecule has 94 valence electrons. The Morgan fingerprint density at radius 3 is 2.35 bits per heavy atom. The van der Waals surface area contributed by atoms with Crippen LogP contribution in [0.15, 0.2) is 24.3 Å². The predicted octanol–water partition coefficient (Wildman–Crippen LogP) is 2.64. The van der Waals surface area contributed by atoms with Crippen molar-refractivity contribution in [3.8, 4) is 0 Å². The molecule has 2 rings (SSSR count). The van der Waals surface area contributed by atoms with Crippen LogP contribution in [-0.4, -0.2) is 17.8 Å². The Bertz CT molecular complexity index is 325. The van der Waals surface area contributed by atoms with Crippen LogP contribution >= 0.6 is 0 Å². The van der Waals surface area contributed by atoms with Crippen LogP contribution in [0, 0.1) is 12.8 Å². The Kier molecular flexibility index (Phi) is 4.57. The molecule has 2 N–H and O–H groups in total. The second-order valence-corrected chi connectivity index (χ2v) is 5.27. The van der Waals surface area contributed by atoms with E-state index in [2.05, 4.69) is 36.5 Å². The van der Waals surface area contributed by atoms with E-state index in [0.717, 1.165) is 6.54 Å². The van der Waals surface area contributed by atoms with Crippen LogP contribution in [0.5, 0.6) is 0 Å². The molecule has 1 aromatic carbocycles. The first kappa shape index (κ1) is 12.6. The van der Waals surface area contributed by atoms with Crippen LogP contribution in [0.4, 0.5) is 0 Å². The van der Waals surface area contributed by atoms with Crippen molar-refractivity contribution in [2.75, 3.05) is 6.61 Å². The fourth-order valence-electron chi connectivity index (χ4n) is 2.52. The van der Waals surface area contributed by atoms with Crippen LogP contribution in [0.3, 0.4) is 0 Å². The lowest BCUT2D eigenvalue weighted by atomic mass is 9.86. The van der Waals surface area contributed by atoms with Gasteiger partial charge in [0.2, 0.25) is 0 Å². The standard InChI is InChI=1S/C15H23NO/c1-12-2-4-13(5-3-12)10-16-15-8-6-14(11-17)7-9-15/h2-5,14-17H,6-11H2,1H3. The lowest BCUT2D eigenvalue weighted by molar-refractivity contribution is 0.175. The summed E-state index contributed by atoms with van der Waals surface area (Å²) in [6, 6.07) is 9.36. The van der Waals surface area contributed by atoms with E-state index >= 15 is 0 Å². The minimum Gasteiger partial charge on any atom is -0.396 e. The smallest absolute Gasteiger partial charge is 0.0459 e. The molecule has 0 spiro atoms. The van der Waals surface area contributed by atoms with E-state index in [-0.39, 0.29) is 0 Å². The van der Waals surface area contributed by atoms with Gasteiger partial charge in [-0.1, -0.05) is 29.8 Å². The quantitative estimate of drug-likeness (QED) is 0.838. The number of hydrogen-bond acceptors (Lipinski definition) is 2. The minimum atomic E-state index is 0.366. The van der Waals surface area contributed by atoms with Gasteiger partial charge in [0.25, 0.3) is 0 Å². The molecule has 0 saturated heterocycles. The van der Waals surface area contributed by atoms with E-state index in [9.17, 15) is 0 Å². The number of nitrogens with one attached hydrogen (secondary N) is 1. The van der Waals surface area contributed by atoms with Crippen molar-refractivity contribution in [2.24, 2.45) is 5.92 Å². The zero-order chi connectivity index (χ0) is 12.1. The highest BCUT2D eigenvalue weighted by molar-refractivity contribution is 5.21. The monoisotopic (exact) mass is 233 g/mol. The summed E-state index contributed by atoms with van der Waals surface area (Å²) in [6.07, 6.45) is 4.75. The Balaban J connectivity index is 1.74. The van der Waals surface area contributed by atoms with E-state index in [0.29, 0.717) is 18.6 Å². The third kappa shape index (κ3) is 3.83. The molecule has 1 aromatic rings. The molecule has 0 amide bonds. The van der Waals surface area contributed by atoms with Crippen molar-refractivity contribution in [1.82, 2.24) is 5.32 Å². The van der Waals surface area contributed by atoms with E-state index in [1.165, 1.54) is 36.8 Å². The SMILES string of the molecule is Cc1ccc(CNC2CCC(CO)CC2)cc1. The summed E-state index contributed by atoms with van der Waals surface area (Å²) in [6.45, 7) is 3.45. The highest BCUT2D eigenvalue weighted by atomic mass is 16.3. The first-order chi connectivity index (χ1) is 8.28. The average Bonchev–Trinajstić information content (AvgIpc) is 2.39. The summed E-state index contributed by atoms with van der Waals surface area (Å²) >= 11 is 0. The van der Waals surface area contributed by atoms with Gasteiger partial charge < -0.3 is 10.4 Å². The van der Waals surface area contributed by atoms with Gasteiger partial charge in [0.15, 0.2) is 0 Å². The van der Waals surface area contributed by atoms with Crippen molar-refractivity contribution in [3.63, 3.8) is 0 Å². The van der Waals surface area contributed by atoms with Gasteiger partial charge in [-0.2, -0.15) is 0 Å². The number of aryl methyl sites for hydroxylation is 1. The van der Waals surface area contributed by atoms with Gasteiger partial charge in [-0.05, 0) is 44.1 Å². The zero-order valence-corrected chi connectivity index (χ0v) is 10.7. The molecular weight excluding hydrogens is 210 g/mol. The predicted molar refractivity (Wildman–Crippen MR) is 70.9 cm³/mol. The fraction of sp³-hybridized carbons (Fsp3) is 0.600. The molecule has 0 unspecified atom stereocenters. The molecule has 17 heavy (non-hydrogen) atoms. The summed E-state index contributed by atoms with van der Waals surface area (Å²) in [7, 11) is 0. The number of benzene rings is 1. The molecule has 0 radical (unpaired) electrons. The highest BCUT2D eigenvalue weighted by Gasteiger charge is 2.19. The normalized spacial score (nSPS) is 24.8. The van der Waals surface area contributed by atoms with Crippen molar-refractivity contribution in [2.45, 2.75) is 45.2 Å². The van der Waals surface area contributed by atoms with Crippen LogP contribution in [-0.2, 0) is 6.54 Å². The lowest BCUT2D eigenvalue weighted by Crippen LogP contribution is -2.33. The Morgan fingerprint density at radius 1 is 1.12 bits per heavy atom.